The first-order valence-corrected chi connectivity index (χ1v) is 8.82. The lowest BCUT2D eigenvalue weighted by molar-refractivity contribution is 0.380. The van der Waals surface area contributed by atoms with Crippen molar-refractivity contribution < 1.29 is 0 Å². The minimum atomic E-state index is 0.682. The topological polar surface area (TPSA) is 43.8 Å². The van der Waals surface area contributed by atoms with Crippen molar-refractivity contribution >= 4 is 40.2 Å². The third-order valence-corrected chi connectivity index (χ3v) is 5.07. The van der Waals surface area contributed by atoms with E-state index in [1.807, 2.05) is 42.8 Å². The van der Waals surface area contributed by atoms with Crippen LogP contribution in [-0.2, 0) is 0 Å². The molecule has 2 aromatic rings. The number of thiophene rings is 1. The number of hydrazone groups is 1. The number of thiocarbonyl (C=S) groups is 1. The molecule has 1 aliphatic heterocycles. The van der Waals surface area contributed by atoms with Gasteiger partial charge in [-0.15, -0.1) is 11.3 Å². The molecule has 3 rings (SSSR count). The molecule has 0 saturated carbocycles. The third kappa shape index (κ3) is 4.05. The second-order valence-corrected chi connectivity index (χ2v) is 6.59. The smallest absolute Gasteiger partial charge is 0.189 e. The van der Waals surface area contributed by atoms with Crippen molar-refractivity contribution in [2.45, 2.75) is 6.92 Å². The fourth-order valence-electron chi connectivity index (χ4n) is 2.42. The summed E-state index contributed by atoms with van der Waals surface area (Å²) < 4.78 is 0. The zero-order valence-electron chi connectivity index (χ0n) is 13.0. The molecule has 0 aliphatic carbocycles. The Balaban J connectivity index is 1.51. The van der Waals surface area contributed by atoms with Crippen LogP contribution in [0.25, 0.3) is 0 Å². The fourth-order valence-corrected chi connectivity index (χ4v) is 3.33. The van der Waals surface area contributed by atoms with E-state index in [0.717, 1.165) is 42.6 Å². The van der Waals surface area contributed by atoms with Crippen LogP contribution in [0.5, 0.6) is 0 Å². The minimum Gasteiger partial charge on any atom is -0.353 e. The Kier molecular flexibility index (Phi) is 5.19. The molecule has 0 unspecified atom stereocenters. The SMILES string of the molecule is C/C(=N/NC(=S)N1CCN(c2ccccn2)CC1)c1cccs1. The summed E-state index contributed by atoms with van der Waals surface area (Å²) in [7, 11) is 0. The van der Waals surface area contributed by atoms with Gasteiger partial charge in [-0.05, 0) is 42.7 Å². The first-order valence-electron chi connectivity index (χ1n) is 7.53. The van der Waals surface area contributed by atoms with Crippen molar-refractivity contribution in [3.63, 3.8) is 0 Å². The summed E-state index contributed by atoms with van der Waals surface area (Å²) in [4.78, 5) is 9.98. The van der Waals surface area contributed by atoms with Crippen molar-refractivity contribution in [2.24, 2.45) is 5.10 Å². The van der Waals surface area contributed by atoms with Gasteiger partial charge in [0.2, 0.25) is 0 Å². The lowest BCUT2D eigenvalue weighted by Gasteiger charge is -2.36. The van der Waals surface area contributed by atoms with Gasteiger partial charge in [0.1, 0.15) is 5.82 Å². The van der Waals surface area contributed by atoms with Crippen molar-refractivity contribution in [1.82, 2.24) is 15.3 Å². The van der Waals surface area contributed by atoms with E-state index in [0.29, 0.717) is 5.11 Å². The number of pyridine rings is 1. The van der Waals surface area contributed by atoms with E-state index >= 15 is 0 Å². The number of piperazine rings is 1. The summed E-state index contributed by atoms with van der Waals surface area (Å²) in [6.45, 7) is 5.55. The quantitative estimate of drug-likeness (QED) is 0.526. The Hall–Kier alpha value is -1.99. The Labute approximate surface area is 145 Å². The van der Waals surface area contributed by atoms with E-state index in [1.54, 1.807) is 11.3 Å². The molecule has 3 heterocycles. The molecular weight excluding hydrogens is 326 g/mol. The van der Waals surface area contributed by atoms with Crippen molar-refractivity contribution in [3.05, 3.63) is 46.8 Å². The molecule has 0 amide bonds. The van der Waals surface area contributed by atoms with Crippen LogP contribution in [-0.4, -0.2) is 46.9 Å². The monoisotopic (exact) mass is 345 g/mol. The molecular formula is C16H19N5S2. The Morgan fingerprint density at radius 1 is 1.22 bits per heavy atom. The van der Waals surface area contributed by atoms with Crippen molar-refractivity contribution in [2.75, 3.05) is 31.1 Å². The number of rotatable bonds is 3. The predicted molar refractivity (Wildman–Crippen MR) is 100 cm³/mol. The van der Waals surface area contributed by atoms with E-state index in [4.69, 9.17) is 12.2 Å². The van der Waals surface area contributed by atoms with Gasteiger partial charge >= 0.3 is 0 Å². The Morgan fingerprint density at radius 3 is 2.70 bits per heavy atom. The highest BCUT2D eigenvalue weighted by Gasteiger charge is 2.19. The normalized spacial score (nSPS) is 15.6. The van der Waals surface area contributed by atoms with Gasteiger partial charge < -0.3 is 9.80 Å². The summed E-state index contributed by atoms with van der Waals surface area (Å²) in [6.07, 6.45) is 1.83. The highest BCUT2D eigenvalue weighted by molar-refractivity contribution is 7.80. The van der Waals surface area contributed by atoms with Gasteiger partial charge in [-0.3, -0.25) is 5.43 Å². The van der Waals surface area contributed by atoms with Gasteiger partial charge in [-0.2, -0.15) is 5.10 Å². The van der Waals surface area contributed by atoms with Crippen LogP contribution >= 0.6 is 23.6 Å². The average Bonchev–Trinajstić information content (AvgIpc) is 3.15. The average molecular weight is 345 g/mol. The molecule has 1 aliphatic rings. The van der Waals surface area contributed by atoms with Crippen LogP contribution in [0.2, 0.25) is 0 Å². The zero-order valence-corrected chi connectivity index (χ0v) is 14.6. The summed E-state index contributed by atoms with van der Waals surface area (Å²) in [6, 6.07) is 10.1. The molecule has 7 heteroatoms. The van der Waals surface area contributed by atoms with E-state index in [2.05, 4.69) is 31.4 Å². The van der Waals surface area contributed by atoms with E-state index < -0.39 is 0 Å². The molecule has 1 fully saturated rings. The first-order chi connectivity index (χ1) is 11.2. The standard InChI is InChI=1S/C16H19N5S2/c1-13(14-5-4-12-23-14)18-19-16(22)21-10-8-20(9-11-21)15-6-2-3-7-17-15/h2-7,12H,8-11H2,1H3,(H,19,22)/b18-13-. The maximum atomic E-state index is 5.45. The Morgan fingerprint density at radius 2 is 2.04 bits per heavy atom. The summed E-state index contributed by atoms with van der Waals surface area (Å²) in [5.41, 5.74) is 3.97. The van der Waals surface area contributed by atoms with Gasteiger partial charge in [0, 0.05) is 37.3 Å². The lowest BCUT2D eigenvalue weighted by Crippen LogP contribution is -2.51. The predicted octanol–water partition coefficient (Wildman–Crippen LogP) is 2.56. The van der Waals surface area contributed by atoms with Crippen LogP contribution in [0.1, 0.15) is 11.8 Å². The number of anilines is 1. The summed E-state index contributed by atoms with van der Waals surface area (Å²) in [5.74, 6) is 1.03. The molecule has 0 aromatic carbocycles. The van der Waals surface area contributed by atoms with Gasteiger partial charge in [-0.1, -0.05) is 12.1 Å². The van der Waals surface area contributed by atoms with Crippen LogP contribution in [0.4, 0.5) is 5.82 Å². The maximum absolute atomic E-state index is 5.45. The third-order valence-electron chi connectivity index (χ3n) is 3.74. The number of hydrogen-bond donors (Lipinski definition) is 1. The number of aromatic nitrogens is 1. The summed E-state index contributed by atoms with van der Waals surface area (Å²) in [5, 5.41) is 7.11. The molecule has 0 spiro atoms. The fraction of sp³-hybridized carbons (Fsp3) is 0.312. The summed E-state index contributed by atoms with van der Waals surface area (Å²) >= 11 is 7.13. The van der Waals surface area contributed by atoms with Crippen molar-refractivity contribution in [3.8, 4) is 0 Å². The molecule has 0 atom stereocenters. The number of nitrogens with zero attached hydrogens (tertiary/aromatic N) is 4. The second-order valence-electron chi connectivity index (χ2n) is 5.25. The van der Waals surface area contributed by atoms with Gasteiger partial charge in [-0.25, -0.2) is 4.98 Å². The van der Waals surface area contributed by atoms with E-state index in [1.165, 1.54) is 0 Å². The molecule has 1 saturated heterocycles. The van der Waals surface area contributed by atoms with Gasteiger partial charge in [0.25, 0.3) is 0 Å². The largest absolute Gasteiger partial charge is 0.353 e. The van der Waals surface area contributed by atoms with Crippen molar-refractivity contribution in [1.29, 1.82) is 0 Å². The second kappa shape index (κ2) is 7.52. The highest BCUT2D eigenvalue weighted by atomic mass is 32.1. The van der Waals surface area contributed by atoms with Gasteiger partial charge in [0.15, 0.2) is 5.11 Å². The molecule has 0 bridgehead atoms. The Bertz CT molecular complexity index is 661. The van der Waals surface area contributed by atoms with Crippen LogP contribution in [0, 0.1) is 0 Å². The van der Waals surface area contributed by atoms with Crippen LogP contribution in [0.3, 0.4) is 0 Å². The van der Waals surface area contributed by atoms with Crippen LogP contribution in [0.15, 0.2) is 47.0 Å². The highest BCUT2D eigenvalue weighted by Crippen LogP contribution is 2.13. The van der Waals surface area contributed by atoms with Gasteiger partial charge in [0.05, 0.1) is 5.71 Å². The molecule has 5 nitrogen and oxygen atoms in total. The maximum Gasteiger partial charge on any atom is 0.189 e. The minimum absolute atomic E-state index is 0.682. The first kappa shape index (κ1) is 15.9. The van der Waals surface area contributed by atoms with E-state index in [-0.39, 0.29) is 0 Å². The molecule has 2 aromatic heterocycles. The lowest BCUT2D eigenvalue weighted by atomic mass is 10.3. The number of nitrogens with one attached hydrogen (secondary N) is 1. The molecule has 120 valence electrons. The van der Waals surface area contributed by atoms with Crippen LogP contribution < -0.4 is 10.3 Å². The zero-order chi connectivity index (χ0) is 16.1. The molecule has 1 N–H and O–H groups in total. The molecule has 0 radical (unpaired) electrons. The van der Waals surface area contributed by atoms with E-state index in [9.17, 15) is 0 Å². The molecule has 23 heavy (non-hydrogen) atoms. The number of hydrogen-bond acceptors (Lipinski definition) is 5.